The van der Waals surface area contributed by atoms with Crippen LogP contribution in [0.15, 0.2) is 84.9 Å². The van der Waals surface area contributed by atoms with Gasteiger partial charge >= 0.3 is 5.97 Å². The van der Waals surface area contributed by atoms with Crippen molar-refractivity contribution in [2.24, 2.45) is 0 Å². The van der Waals surface area contributed by atoms with Crippen molar-refractivity contribution in [3.05, 3.63) is 96.1 Å². The number of carbonyl (C=O) groups excluding carboxylic acids is 1. The largest absolute Gasteiger partial charge is 0.480 e. The fourth-order valence-corrected chi connectivity index (χ4v) is 7.08. The number of hydrogen-bond donors (Lipinski definition) is 2. The van der Waals surface area contributed by atoms with E-state index in [-0.39, 0.29) is 25.0 Å². The van der Waals surface area contributed by atoms with Gasteiger partial charge in [-0.25, -0.2) is 13.2 Å². The number of carbonyl (C=O) groups is 2. The van der Waals surface area contributed by atoms with Crippen molar-refractivity contribution >= 4 is 21.7 Å². The van der Waals surface area contributed by atoms with Gasteiger partial charge in [-0.1, -0.05) is 104 Å². The fourth-order valence-electron chi connectivity index (χ4n) is 4.92. The molecule has 0 aliphatic heterocycles. The lowest BCUT2D eigenvalue weighted by molar-refractivity contribution is -0.142. The smallest absolute Gasteiger partial charge is 0.326 e. The molecule has 1 atom stereocenters. The minimum atomic E-state index is -3.88. The van der Waals surface area contributed by atoms with Crippen LogP contribution in [0.5, 0.6) is 0 Å². The Balaban J connectivity index is 1.53. The molecule has 188 valence electrons. The maximum absolute atomic E-state index is 13.6. The minimum absolute atomic E-state index is 0.0605. The van der Waals surface area contributed by atoms with Crippen molar-refractivity contribution in [2.45, 2.75) is 55.1 Å². The second-order valence-corrected chi connectivity index (χ2v) is 11.7. The van der Waals surface area contributed by atoms with Crippen LogP contribution in [0, 0.1) is 0 Å². The Labute approximate surface area is 212 Å². The Hall–Kier alpha value is -3.45. The molecule has 0 saturated heterocycles. The number of nitrogens with one attached hydrogen (secondary N) is 1. The number of hydrogen-bond acceptors (Lipinski definition) is 4. The van der Waals surface area contributed by atoms with E-state index in [0.29, 0.717) is 18.4 Å². The zero-order valence-electron chi connectivity index (χ0n) is 20.1. The average molecular weight is 506 g/mol. The van der Waals surface area contributed by atoms with E-state index in [9.17, 15) is 23.1 Å². The lowest BCUT2D eigenvalue weighted by atomic mass is 9.87. The molecule has 0 aromatic heterocycles. The first-order valence-electron chi connectivity index (χ1n) is 12.3. The van der Waals surface area contributed by atoms with Crippen molar-refractivity contribution < 1.29 is 23.1 Å². The second-order valence-electron chi connectivity index (χ2n) is 9.43. The summed E-state index contributed by atoms with van der Waals surface area (Å²) in [6.07, 6.45) is 2.54. The molecule has 4 rings (SSSR count). The molecule has 1 fully saturated rings. The molecule has 1 amide bonds. The molecular weight excluding hydrogens is 474 g/mol. The number of sulfone groups is 1. The van der Waals surface area contributed by atoms with Gasteiger partial charge in [-0.2, -0.15) is 0 Å². The molecule has 3 aromatic carbocycles. The maximum Gasteiger partial charge on any atom is 0.326 e. The third kappa shape index (κ3) is 5.68. The zero-order chi connectivity index (χ0) is 25.6. The first kappa shape index (κ1) is 25.6. The highest BCUT2D eigenvalue weighted by Crippen LogP contribution is 2.37. The number of aliphatic carboxylic acids is 1. The summed E-state index contributed by atoms with van der Waals surface area (Å²) >= 11 is 0. The van der Waals surface area contributed by atoms with Gasteiger partial charge in [0.05, 0.1) is 5.75 Å². The van der Waals surface area contributed by atoms with Gasteiger partial charge in [0, 0.05) is 6.42 Å². The molecule has 6 nitrogen and oxygen atoms in total. The van der Waals surface area contributed by atoms with Crippen LogP contribution in [-0.4, -0.2) is 36.2 Å². The SMILES string of the molecule is O=C(O)[C@H](Cc1ccc(-c2ccccc2)cc1)NC(=O)C1(S(=O)(=O)Cc2ccccc2)CCCCC1. The van der Waals surface area contributed by atoms with Crippen molar-refractivity contribution in [1.82, 2.24) is 5.32 Å². The molecule has 1 saturated carbocycles. The predicted molar refractivity (Wildman–Crippen MR) is 140 cm³/mol. The number of rotatable bonds is 9. The highest BCUT2D eigenvalue weighted by atomic mass is 32.2. The second kappa shape index (κ2) is 11.1. The minimum Gasteiger partial charge on any atom is -0.480 e. The fraction of sp³-hybridized carbons (Fsp3) is 0.310. The Bertz CT molecular complexity index is 1280. The Morgan fingerprint density at radius 1 is 0.778 bits per heavy atom. The first-order chi connectivity index (χ1) is 17.3. The summed E-state index contributed by atoms with van der Waals surface area (Å²) < 4.78 is 25.6. The van der Waals surface area contributed by atoms with Crippen LogP contribution in [0.1, 0.15) is 43.2 Å². The van der Waals surface area contributed by atoms with E-state index in [4.69, 9.17) is 0 Å². The third-order valence-electron chi connectivity index (χ3n) is 6.97. The lowest BCUT2D eigenvalue weighted by Gasteiger charge is -2.36. The summed E-state index contributed by atoms with van der Waals surface area (Å²) in [4.78, 5) is 25.6. The average Bonchev–Trinajstić information content (AvgIpc) is 2.89. The van der Waals surface area contributed by atoms with Crippen LogP contribution in [0.3, 0.4) is 0 Å². The van der Waals surface area contributed by atoms with Gasteiger partial charge in [0.2, 0.25) is 5.91 Å². The standard InChI is InChI=1S/C29H31NO5S/c31-27(32)26(20-22-14-16-25(17-15-22)24-12-6-2-7-13-24)30-28(33)29(18-8-3-9-19-29)36(34,35)21-23-10-4-1-5-11-23/h1-2,4-7,10-17,26H,3,8-9,18-21H2,(H,30,33)(H,31,32)/t26-/m0/s1. The molecule has 2 N–H and O–H groups in total. The molecule has 0 radical (unpaired) electrons. The monoisotopic (exact) mass is 505 g/mol. The van der Waals surface area contributed by atoms with Crippen LogP contribution in [0.4, 0.5) is 0 Å². The van der Waals surface area contributed by atoms with Gasteiger partial charge in [-0.05, 0) is 35.1 Å². The summed E-state index contributed by atoms with van der Waals surface area (Å²) in [6.45, 7) is 0. The van der Waals surface area contributed by atoms with Crippen molar-refractivity contribution in [1.29, 1.82) is 0 Å². The van der Waals surface area contributed by atoms with Crippen LogP contribution < -0.4 is 5.32 Å². The van der Waals surface area contributed by atoms with Crippen LogP contribution in [-0.2, 0) is 31.6 Å². The Morgan fingerprint density at radius 2 is 1.33 bits per heavy atom. The third-order valence-corrected chi connectivity index (χ3v) is 9.47. The number of amides is 1. The summed E-state index contributed by atoms with van der Waals surface area (Å²) in [5.41, 5.74) is 3.41. The van der Waals surface area contributed by atoms with Crippen molar-refractivity contribution in [3.63, 3.8) is 0 Å². The molecule has 36 heavy (non-hydrogen) atoms. The quantitative estimate of drug-likeness (QED) is 0.436. The van der Waals surface area contributed by atoms with Crippen LogP contribution in [0.25, 0.3) is 11.1 Å². The summed E-state index contributed by atoms with van der Waals surface area (Å²) in [7, 11) is -3.88. The van der Waals surface area contributed by atoms with E-state index in [1.807, 2.05) is 60.7 Å². The van der Waals surface area contributed by atoms with Crippen molar-refractivity contribution in [2.75, 3.05) is 0 Å². The normalized spacial score (nSPS) is 16.1. The molecule has 3 aromatic rings. The molecule has 7 heteroatoms. The molecule has 0 spiro atoms. The summed E-state index contributed by atoms with van der Waals surface area (Å²) in [5.74, 6) is -2.15. The highest BCUT2D eigenvalue weighted by Gasteiger charge is 2.51. The van der Waals surface area contributed by atoms with E-state index in [0.717, 1.165) is 23.1 Å². The number of carboxylic acids is 1. The van der Waals surface area contributed by atoms with Gasteiger partial charge in [-0.3, -0.25) is 4.79 Å². The van der Waals surface area contributed by atoms with E-state index in [1.54, 1.807) is 24.3 Å². The molecule has 1 aliphatic rings. The molecule has 0 bridgehead atoms. The maximum atomic E-state index is 13.6. The van der Waals surface area contributed by atoms with Crippen LogP contribution in [0.2, 0.25) is 0 Å². The van der Waals surface area contributed by atoms with Gasteiger partial charge in [-0.15, -0.1) is 0 Å². The number of carboxylic acid groups (broad SMARTS) is 1. The first-order valence-corrected chi connectivity index (χ1v) is 13.9. The van der Waals surface area contributed by atoms with E-state index in [1.165, 1.54) is 0 Å². The van der Waals surface area contributed by atoms with Crippen molar-refractivity contribution in [3.8, 4) is 11.1 Å². The van der Waals surface area contributed by atoms with Crippen LogP contribution >= 0.6 is 0 Å². The van der Waals surface area contributed by atoms with Gasteiger partial charge < -0.3 is 10.4 Å². The highest BCUT2D eigenvalue weighted by molar-refractivity contribution is 7.92. The molecular formula is C29H31NO5S. The van der Waals surface area contributed by atoms with Gasteiger partial charge in [0.1, 0.15) is 6.04 Å². The van der Waals surface area contributed by atoms with E-state index in [2.05, 4.69) is 5.32 Å². The van der Waals surface area contributed by atoms with E-state index < -0.39 is 32.5 Å². The van der Waals surface area contributed by atoms with Gasteiger partial charge in [0.25, 0.3) is 0 Å². The Morgan fingerprint density at radius 3 is 1.92 bits per heavy atom. The molecule has 1 aliphatic carbocycles. The summed E-state index contributed by atoms with van der Waals surface area (Å²) in [6, 6.07) is 24.9. The Kier molecular flexibility index (Phi) is 7.89. The lowest BCUT2D eigenvalue weighted by Crippen LogP contribution is -2.57. The topological polar surface area (TPSA) is 101 Å². The molecule has 0 heterocycles. The number of benzene rings is 3. The van der Waals surface area contributed by atoms with Gasteiger partial charge in [0.15, 0.2) is 14.6 Å². The molecule has 0 unspecified atom stereocenters. The predicted octanol–water partition coefficient (Wildman–Crippen LogP) is 4.78. The zero-order valence-corrected chi connectivity index (χ0v) is 20.9. The summed E-state index contributed by atoms with van der Waals surface area (Å²) in [5, 5.41) is 12.5. The van der Waals surface area contributed by atoms with E-state index >= 15 is 0 Å².